The number of allylic oxidation sites excluding steroid dienone is 1. The molecule has 0 saturated carbocycles. The number of imide groups is 1. The number of carbonyl (C=O) groups excluding carboxylic acids is 2. The molecule has 2 amide bonds. The first-order chi connectivity index (χ1) is 11.0. The minimum atomic E-state index is -0.860. The molecule has 23 heavy (non-hydrogen) atoms. The van der Waals surface area contributed by atoms with Crippen molar-refractivity contribution in [3.63, 3.8) is 0 Å². The van der Waals surface area contributed by atoms with Crippen LogP contribution in [0, 0.1) is 5.92 Å². The molecule has 2 rings (SSSR count). The van der Waals surface area contributed by atoms with Gasteiger partial charge in [-0.3, -0.25) is 0 Å². The van der Waals surface area contributed by atoms with Gasteiger partial charge in [-0.25, -0.2) is 4.79 Å². The molecule has 0 spiro atoms. The summed E-state index contributed by atoms with van der Waals surface area (Å²) < 4.78 is 4.42. The third-order valence-corrected chi connectivity index (χ3v) is 3.50. The maximum absolute atomic E-state index is 12.6. The Morgan fingerprint density at radius 2 is 1.96 bits per heavy atom. The molecule has 1 aliphatic heterocycles. The Morgan fingerprint density at radius 3 is 2.52 bits per heavy atom. The summed E-state index contributed by atoms with van der Waals surface area (Å²) in [6.45, 7) is 4.01. The smallest absolute Gasteiger partial charge is 0.413 e. The first kappa shape index (κ1) is 17.1. The largest absolute Gasteiger partial charge is 0.556 e. The van der Waals surface area contributed by atoms with E-state index in [1.165, 1.54) is 12.4 Å². The van der Waals surface area contributed by atoms with Crippen LogP contribution in [-0.2, 0) is 16.1 Å². The van der Waals surface area contributed by atoms with Crippen molar-refractivity contribution in [3.8, 4) is 0 Å². The molecule has 6 nitrogen and oxygen atoms in total. The number of ether oxygens (including phenoxy) is 1. The van der Waals surface area contributed by atoms with Crippen LogP contribution in [-0.4, -0.2) is 28.8 Å². The van der Waals surface area contributed by atoms with E-state index in [-0.39, 0.29) is 12.5 Å². The Balaban J connectivity index is 2.11. The fraction of sp³-hybridized carbons (Fsp3) is 0.353. The molecule has 1 aliphatic rings. The average Bonchev–Trinajstić information content (AvgIpc) is 3.03. The first-order valence-electron chi connectivity index (χ1n) is 7.59. The van der Waals surface area contributed by atoms with E-state index in [1.807, 2.05) is 44.2 Å². The monoisotopic (exact) mass is 316 g/mol. The summed E-state index contributed by atoms with van der Waals surface area (Å²) in [6, 6.07) is 8.48. The van der Waals surface area contributed by atoms with Crippen LogP contribution in [0.5, 0.6) is 0 Å². The average molecular weight is 316 g/mol. The highest BCUT2D eigenvalue weighted by molar-refractivity contribution is 5.88. The van der Waals surface area contributed by atoms with Gasteiger partial charge in [0.1, 0.15) is 18.8 Å². The van der Waals surface area contributed by atoms with E-state index in [0.717, 1.165) is 5.56 Å². The van der Waals surface area contributed by atoms with Crippen LogP contribution in [0.15, 0.2) is 47.7 Å². The van der Waals surface area contributed by atoms with Gasteiger partial charge in [0.05, 0.1) is 6.21 Å². The van der Waals surface area contributed by atoms with Crippen molar-refractivity contribution in [1.29, 1.82) is 0 Å². The van der Waals surface area contributed by atoms with Gasteiger partial charge in [-0.05, 0) is 22.5 Å². The molecule has 1 aromatic rings. The highest BCUT2D eigenvalue weighted by Crippen LogP contribution is 2.21. The summed E-state index contributed by atoms with van der Waals surface area (Å²) in [5, 5.41) is 4.00. The van der Waals surface area contributed by atoms with Crippen LogP contribution in [0.4, 0.5) is 4.79 Å². The van der Waals surface area contributed by atoms with Crippen LogP contribution in [0.2, 0.25) is 0 Å². The van der Waals surface area contributed by atoms with Crippen LogP contribution in [0.3, 0.4) is 0 Å². The predicted octanol–water partition coefficient (Wildman–Crippen LogP) is 2.55. The fourth-order valence-electron chi connectivity index (χ4n) is 2.35. The van der Waals surface area contributed by atoms with Crippen LogP contribution in [0.1, 0.15) is 25.8 Å². The van der Waals surface area contributed by atoms with Gasteiger partial charge in [0, 0.05) is 6.08 Å². The molecule has 1 heterocycles. The quantitative estimate of drug-likeness (QED) is 0.846. The third-order valence-electron chi connectivity index (χ3n) is 3.50. The van der Waals surface area contributed by atoms with E-state index in [1.54, 1.807) is 6.08 Å². The standard InChI is InChI=1S/C17H22N3O3/c1-13(2)11-15(18)16(21)20(10-6-9-19-20)17(22)23-12-14-7-4-3-5-8-14/h3-10,13,15H,11-12,18H2,1-2H3/q+1/t15-,20?/m0/s1. The van der Waals surface area contributed by atoms with Crippen molar-refractivity contribution in [1.82, 2.24) is 0 Å². The van der Waals surface area contributed by atoms with E-state index in [2.05, 4.69) is 5.10 Å². The third kappa shape index (κ3) is 3.91. The van der Waals surface area contributed by atoms with E-state index in [4.69, 9.17) is 10.5 Å². The lowest BCUT2D eigenvalue weighted by Crippen LogP contribution is -2.55. The Hall–Kier alpha value is -2.31. The maximum atomic E-state index is 12.6. The molecular weight excluding hydrogens is 294 g/mol. The topological polar surface area (TPSA) is 81.8 Å². The van der Waals surface area contributed by atoms with Crippen molar-refractivity contribution < 1.29 is 18.9 Å². The molecular formula is C17H22N3O3+. The molecule has 1 unspecified atom stereocenters. The molecule has 0 bridgehead atoms. The summed E-state index contributed by atoms with van der Waals surface area (Å²) in [4.78, 5) is 25.1. The molecule has 2 N–H and O–H groups in total. The number of nitrogens with zero attached hydrogens (tertiary/aromatic N) is 2. The molecule has 0 radical (unpaired) electrons. The number of nitrogens with two attached hydrogens (primary N) is 1. The van der Waals surface area contributed by atoms with Crippen LogP contribution >= 0.6 is 0 Å². The molecule has 0 aromatic heterocycles. The summed E-state index contributed by atoms with van der Waals surface area (Å²) in [5.74, 6) is -0.244. The highest BCUT2D eigenvalue weighted by atomic mass is 16.6. The predicted molar refractivity (Wildman–Crippen MR) is 87.0 cm³/mol. The van der Waals surface area contributed by atoms with Crippen molar-refractivity contribution in [2.24, 2.45) is 16.8 Å². The second-order valence-electron chi connectivity index (χ2n) is 5.91. The summed E-state index contributed by atoms with van der Waals surface area (Å²) >= 11 is 0. The number of carbonyl (C=O) groups is 2. The van der Waals surface area contributed by atoms with Crippen LogP contribution < -0.4 is 5.73 Å². The van der Waals surface area contributed by atoms with E-state index in [0.29, 0.717) is 6.42 Å². The number of benzene rings is 1. The van der Waals surface area contributed by atoms with Gasteiger partial charge >= 0.3 is 12.0 Å². The molecule has 122 valence electrons. The Labute approximate surface area is 135 Å². The van der Waals surface area contributed by atoms with Crippen molar-refractivity contribution in [3.05, 3.63) is 48.2 Å². The van der Waals surface area contributed by atoms with Crippen molar-refractivity contribution in [2.75, 3.05) is 0 Å². The second kappa shape index (κ2) is 7.30. The minimum absolute atomic E-state index is 0.0791. The zero-order valence-corrected chi connectivity index (χ0v) is 13.4. The highest BCUT2D eigenvalue weighted by Gasteiger charge is 2.50. The summed E-state index contributed by atoms with van der Waals surface area (Å²) in [6.07, 6.45) is 4.08. The Bertz CT molecular complexity index is 611. The normalized spacial score (nSPS) is 20.7. The number of hydrogen-bond donors (Lipinski definition) is 1. The lowest BCUT2D eigenvalue weighted by molar-refractivity contribution is -0.733. The zero-order valence-electron chi connectivity index (χ0n) is 13.4. The summed E-state index contributed by atoms with van der Waals surface area (Å²) in [7, 11) is 0. The minimum Gasteiger partial charge on any atom is -0.413 e. The molecule has 0 saturated heterocycles. The first-order valence-corrected chi connectivity index (χ1v) is 7.59. The molecule has 1 aromatic carbocycles. The summed E-state index contributed by atoms with van der Waals surface area (Å²) in [5.41, 5.74) is 6.79. The maximum Gasteiger partial charge on any atom is 0.556 e. The van der Waals surface area contributed by atoms with Gasteiger partial charge in [0.25, 0.3) is 0 Å². The molecule has 0 aliphatic carbocycles. The number of quaternary nitrogens is 1. The lowest BCUT2D eigenvalue weighted by atomic mass is 10.0. The lowest BCUT2D eigenvalue weighted by Gasteiger charge is -2.23. The second-order valence-corrected chi connectivity index (χ2v) is 5.91. The van der Waals surface area contributed by atoms with Gasteiger partial charge in [-0.1, -0.05) is 49.3 Å². The van der Waals surface area contributed by atoms with Gasteiger partial charge in [0.15, 0.2) is 0 Å². The van der Waals surface area contributed by atoms with Gasteiger partial charge in [-0.2, -0.15) is 4.79 Å². The zero-order chi connectivity index (χ0) is 16.9. The van der Waals surface area contributed by atoms with Gasteiger partial charge < -0.3 is 10.5 Å². The number of hydrogen-bond acceptors (Lipinski definition) is 5. The van der Waals surface area contributed by atoms with E-state index in [9.17, 15) is 9.59 Å². The van der Waals surface area contributed by atoms with Crippen LogP contribution in [0.25, 0.3) is 0 Å². The molecule has 6 heteroatoms. The van der Waals surface area contributed by atoms with E-state index < -0.39 is 22.6 Å². The SMILES string of the molecule is CC(C)C[C@H](N)C(=O)[N+]1(C(=O)OCc2ccccc2)C=CC=N1. The fourth-order valence-corrected chi connectivity index (χ4v) is 2.35. The van der Waals surface area contributed by atoms with E-state index >= 15 is 0 Å². The molecule has 2 atom stereocenters. The van der Waals surface area contributed by atoms with Gasteiger partial charge in [-0.15, -0.1) is 0 Å². The number of rotatable bonds is 5. The number of amides is 2. The Kier molecular flexibility index (Phi) is 5.41. The molecule has 0 fully saturated rings. The van der Waals surface area contributed by atoms with Crippen molar-refractivity contribution in [2.45, 2.75) is 32.9 Å². The van der Waals surface area contributed by atoms with Crippen molar-refractivity contribution >= 4 is 18.2 Å². The Morgan fingerprint density at radius 1 is 1.26 bits per heavy atom. The van der Waals surface area contributed by atoms with Gasteiger partial charge in [0.2, 0.25) is 0 Å².